The Kier molecular flexibility index (Phi) is 5.42. The van der Waals surface area contributed by atoms with E-state index in [9.17, 15) is 4.11 Å². The number of benzene rings is 10. The van der Waals surface area contributed by atoms with Crippen molar-refractivity contribution < 1.29 is 16.8 Å². The molecule has 0 saturated carbocycles. The van der Waals surface area contributed by atoms with E-state index in [4.69, 9.17) is 12.6 Å². The van der Waals surface area contributed by atoms with E-state index < -0.39 is 48.3 Å². The molecule has 0 saturated heterocycles. The van der Waals surface area contributed by atoms with Gasteiger partial charge in [-0.2, -0.15) is 0 Å². The third-order valence-electron chi connectivity index (χ3n) is 10.6. The molecule has 11 rings (SSSR count). The van der Waals surface area contributed by atoms with Crippen LogP contribution in [0.2, 0.25) is 0 Å². The first-order chi connectivity index (χ1) is 31.0. The van der Waals surface area contributed by atoms with Gasteiger partial charge >= 0.3 is 0 Å². The number of para-hydroxylation sites is 1. The first kappa shape index (κ1) is 23.4. The van der Waals surface area contributed by atoms with Crippen LogP contribution in [0, 0.1) is 0 Å². The third kappa shape index (κ3) is 5.09. The smallest absolute Gasteiger partial charge is 0.143 e. The van der Waals surface area contributed by atoms with E-state index in [1.165, 1.54) is 0 Å². The highest BCUT2D eigenvalue weighted by atomic mass is 16.3. The minimum atomic E-state index is -0.564. The third-order valence-corrected chi connectivity index (χ3v) is 10.6. The number of hydrogen-bond donors (Lipinski definition) is 0. The molecule has 0 aliphatic carbocycles. The summed E-state index contributed by atoms with van der Waals surface area (Å²) in [6.45, 7) is 0. The van der Waals surface area contributed by atoms with Crippen LogP contribution >= 0.6 is 0 Å². The summed E-state index contributed by atoms with van der Waals surface area (Å²) in [6.07, 6.45) is 0. The fraction of sp³-hybridized carbons (Fsp3) is 0. The van der Waals surface area contributed by atoms with Crippen LogP contribution < -0.4 is 0 Å². The molecular weight excluding hydrogens is 665 g/mol. The molecule has 256 valence electrons. The Morgan fingerprint density at radius 1 is 0.345 bits per heavy atom. The van der Waals surface area contributed by atoms with Crippen molar-refractivity contribution in [3.05, 3.63) is 206 Å². The Morgan fingerprint density at radius 2 is 0.818 bits per heavy atom. The lowest BCUT2D eigenvalue weighted by molar-refractivity contribution is 0.633. The quantitative estimate of drug-likeness (QED) is 0.128. The van der Waals surface area contributed by atoms with Crippen LogP contribution in [-0.2, 0) is 0 Å². The zero-order valence-corrected chi connectivity index (χ0v) is 29.3. The molecule has 55 heavy (non-hydrogen) atoms. The van der Waals surface area contributed by atoms with Gasteiger partial charge in [-0.3, -0.25) is 0 Å². The van der Waals surface area contributed by atoms with Crippen LogP contribution in [0.1, 0.15) is 12.3 Å². The molecule has 1 heteroatoms. The van der Waals surface area contributed by atoms with E-state index in [0.717, 1.165) is 60.5 Å². The predicted octanol–water partition coefficient (Wildman–Crippen LogP) is 15.4. The molecule has 1 heterocycles. The molecule has 0 bridgehead atoms. The molecule has 11 aromatic rings. The monoisotopic (exact) mass is 707 g/mol. The summed E-state index contributed by atoms with van der Waals surface area (Å²) in [5.74, 6) is 0.149. The topological polar surface area (TPSA) is 13.1 Å². The SMILES string of the molecule is [2H]c1c([2H])c([2H])c2c(c1[2H])c([2H])c(-c1oc3ccccc3c1-c1c3ccccc3c(-c3cc(-c4ccccc4)cc(-c4ccccc4)c3)c3ccccc13)c1c([2H])c([2H])c([2H])c([2H])c12. The van der Waals surface area contributed by atoms with Crippen LogP contribution in [0.4, 0.5) is 0 Å². The van der Waals surface area contributed by atoms with Crippen molar-refractivity contribution in [2.45, 2.75) is 0 Å². The fourth-order valence-corrected chi connectivity index (χ4v) is 8.18. The molecule has 0 spiro atoms. The Bertz CT molecular complexity index is 3650. The van der Waals surface area contributed by atoms with Gasteiger partial charge in [-0.15, -0.1) is 0 Å². The summed E-state index contributed by atoms with van der Waals surface area (Å²) in [5.41, 5.74) is 8.15. The van der Waals surface area contributed by atoms with Gasteiger partial charge in [0.15, 0.2) is 0 Å². The number of furan rings is 1. The van der Waals surface area contributed by atoms with Gasteiger partial charge in [0.1, 0.15) is 11.3 Å². The van der Waals surface area contributed by atoms with Gasteiger partial charge in [-0.25, -0.2) is 0 Å². The summed E-state index contributed by atoms with van der Waals surface area (Å²) < 4.78 is 88.0. The maximum atomic E-state index is 9.88. The van der Waals surface area contributed by atoms with E-state index in [2.05, 4.69) is 66.7 Å². The minimum Gasteiger partial charge on any atom is -0.455 e. The summed E-state index contributed by atoms with van der Waals surface area (Å²) in [5, 5.41) is 3.85. The van der Waals surface area contributed by atoms with Gasteiger partial charge in [0.2, 0.25) is 0 Å². The van der Waals surface area contributed by atoms with E-state index in [1.54, 1.807) is 0 Å². The first-order valence-electron chi connectivity index (χ1n) is 22.7. The lowest BCUT2D eigenvalue weighted by Gasteiger charge is -2.19. The molecule has 0 N–H and O–H groups in total. The molecule has 1 aromatic heterocycles. The maximum absolute atomic E-state index is 9.88. The molecule has 0 aliphatic rings. The standard InChI is InChI=1S/C54H34O/c1-3-17-35(18-4-1)38-31-39(36-19-5-2-6-20-36)33-40(32-38)51-44-25-11-13-27-46(44)52(47-28-14-12-26-45(47)51)53-48-29-15-16-30-50(48)55-54(53)49-34-37-21-7-8-22-41(37)42-23-9-10-24-43(42)49/h1-34H/i7D,8D,9D,10D,21D,22D,23D,24D,34D. The van der Waals surface area contributed by atoms with Crippen molar-refractivity contribution >= 4 is 54.1 Å². The van der Waals surface area contributed by atoms with Crippen molar-refractivity contribution in [2.75, 3.05) is 0 Å². The average molecular weight is 708 g/mol. The highest BCUT2D eigenvalue weighted by molar-refractivity contribution is 6.26. The lowest BCUT2D eigenvalue weighted by Crippen LogP contribution is -1.93. The molecule has 0 radical (unpaired) electrons. The van der Waals surface area contributed by atoms with Gasteiger partial charge in [0.25, 0.3) is 0 Å². The summed E-state index contributed by atoms with van der Waals surface area (Å²) in [7, 11) is 0. The highest BCUT2D eigenvalue weighted by Gasteiger charge is 2.25. The predicted molar refractivity (Wildman–Crippen MR) is 233 cm³/mol. The largest absolute Gasteiger partial charge is 0.455 e. The second kappa shape index (κ2) is 12.7. The van der Waals surface area contributed by atoms with Gasteiger partial charge in [0.05, 0.1) is 12.3 Å². The van der Waals surface area contributed by atoms with Gasteiger partial charge in [-0.05, 0) is 107 Å². The number of hydrogen-bond acceptors (Lipinski definition) is 1. The van der Waals surface area contributed by atoms with E-state index in [0.29, 0.717) is 16.5 Å². The summed E-state index contributed by atoms with van der Waals surface area (Å²) >= 11 is 0. The van der Waals surface area contributed by atoms with Crippen molar-refractivity contribution in [2.24, 2.45) is 0 Å². The van der Waals surface area contributed by atoms with Gasteiger partial charge in [0, 0.05) is 22.1 Å². The Hall–Kier alpha value is -7.22. The molecule has 10 aromatic carbocycles. The lowest BCUT2D eigenvalue weighted by atomic mass is 9.83. The molecule has 1 nitrogen and oxygen atoms in total. The second-order valence-electron chi connectivity index (χ2n) is 13.7. The number of rotatable bonds is 5. The Labute approximate surface area is 332 Å². The molecule has 0 amide bonds. The zero-order chi connectivity index (χ0) is 44.1. The summed E-state index contributed by atoms with van der Waals surface area (Å²) in [6, 6.07) is 46.7. The zero-order valence-electron chi connectivity index (χ0n) is 38.3. The highest BCUT2D eigenvalue weighted by Crippen LogP contribution is 2.51. The van der Waals surface area contributed by atoms with Crippen molar-refractivity contribution in [3.8, 4) is 55.8 Å². The van der Waals surface area contributed by atoms with Crippen LogP contribution in [0.25, 0.3) is 110 Å². The van der Waals surface area contributed by atoms with Crippen molar-refractivity contribution in [3.63, 3.8) is 0 Å². The van der Waals surface area contributed by atoms with Crippen LogP contribution in [0.5, 0.6) is 0 Å². The first-order valence-corrected chi connectivity index (χ1v) is 18.2. The molecule has 0 aliphatic heterocycles. The fourth-order valence-electron chi connectivity index (χ4n) is 8.18. The van der Waals surface area contributed by atoms with Crippen LogP contribution in [0.15, 0.2) is 210 Å². The molecular formula is C54H34O. The summed E-state index contributed by atoms with van der Waals surface area (Å²) in [4.78, 5) is 0. The van der Waals surface area contributed by atoms with Crippen molar-refractivity contribution in [1.82, 2.24) is 0 Å². The minimum absolute atomic E-state index is 0.00559. The normalized spacial score (nSPS) is 13.9. The Morgan fingerprint density at radius 3 is 1.44 bits per heavy atom. The van der Waals surface area contributed by atoms with Crippen LogP contribution in [0.3, 0.4) is 0 Å². The van der Waals surface area contributed by atoms with E-state index in [1.807, 2.05) is 84.9 Å². The van der Waals surface area contributed by atoms with Gasteiger partial charge in [-0.1, -0.05) is 176 Å². The maximum Gasteiger partial charge on any atom is 0.143 e. The molecule has 0 fully saturated rings. The average Bonchev–Trinajstić information content (AvgIpc) is 3.71. The van der Waals surface area contributed by atoms with Crippen molar-refractivity contribution in [1.29, 1.82) is 0 Å². The molecule has 0 unspecified atom stereocenters. The van der Waals surface area contributed by atoms with E-state index in [-0.39, 0.29) is 38.9 Å². The van der Waals surface area contributed by atoms with Crippen LogP contribution in [-0.4, -0.2) is 0 Å². The molecule has 0 atom stereocenters. The van der Waals surface area contributed by atoms with Gasteiger partial charge < -0.3 is 4.42 Å². The second-order valence-corrected chi connectivity index (χ2v) is 13.7. The Balaban J connectivity index is 1.31. The van der Waals surface area contributed by atoms with E-state index >= 15 is 0 Å². The number of fused-ring (bicyclic) bond motifs is 6.